The van der Waals surface area contributed by atoms with Gasteiger partial charge in [0.2, 0.25) is 0 Å². The Balaban J connectivity index is 2.24. The first-order valence-electron chi connectivity index (χ1n) is 5.86. The average Bonchev–Trinajstić information content (AvgIpc) is 2.87. The Hall–Kier alpha value is -1.84. The van der Waals surface area contributed by atoms with Gasteiger partial charge in [0.1, 0.15) is 0 Å². The highest BCUT2D eigenvalue weighted by Crippen LogP contribution is 2.22. The summed E-state index contributed by atoms with van der Waals surface area (Å²) in [6, 6.07) is 7.92. The summed E-state index contributed by atoms with van der Waals surface area (Å²) < 4.78 is 5.27. The molecule has 0 saturated carbocycles. The van der Waals surface area contributed by atoms with Crippen molar-refractivity contribution >= 4 is 5.69 Å². The van der Waals surface area contributed by atoms with Crippen molar-refractivity contribution in [1.82, 2.24) is 10.1 Å². The number of hydrogen-bond donors (Lipinski definition) is 1. The maximum absolute atomic E-state index is 5.27. The van der Waals surface area contributed by atoms with Gasteiger partial charge in [-0.1, -0.05) is 19.0 Å². The molecule has 1 heterocycles. The first kappa shape index (κ1) is 11.6. The summed E-state index contributed by atoms with van der Waals surface area (Å²) in [5, 5.41) is 7.08. The van der Waals surface area contributed by atoms with Crippen molar-refractivity contribution in [1.29, 1.82) is 0 Å². The van der Waals surface area contributed by atoms with Crippen molar-refractivity contribution in [3.05, 3.63) is 30.1 Å². The first-order chi connectivity index (χ1) is 8.24. The normalized spacial score (nSPS) is 12.4. The van der Waals surface area contributed by atoms with Crippen LogP contribution in [0.15, 0.2) is 28.8 Å². The molecule has 0 aliphatic heterocycles. The Morgan fingerprint density at radius 1 is 1.29 bits per heavy atom. The zero-order chi connectivity index (χ0) is 12.3. The maximum Gasteiger partial charge on any atom is 0.257 e. The smallest absolute Gasteiger partial charge is 0.257 e. The van der Waals surface area contributed by atoms with Gasteiger partial charge in [-0.05, 0) is 30.7 Å². The molecule has 0 aliphatic rings. The zero-order valence-electron chi connectivity index (χ0n) is 10.4. The summed E-state index contributed by atoms with van der Waals surface area (Å²) >= 11 is 0. The van der Waals surface area contributed by atoms with Crippen molar-refractivity contribution < 1.29 is 4.52 Å². The lowest BCUT2D eigenvalue weighted by Gasteiger charge is -2.00. The van der Waals surface area contributed by atoms with E-state index in [9.17, 15) is 0 Å². The van der Waals surface area contributed by atoms with Gasteiger partial charge in [-0.3, -0.25) is 0 Å². The van der Waals surface area contributed by atoms with Crippen LogP contribution in [-0.4, -0.2) is 17.2 Å². The molecular weight excluding hydrogens is 214 g/mol. The predicted octanol–water partition coefficient (Wildman–Crippen LogP) is 3.29. The standard InChI is InChI=1S/C13H17N3O/c1-4-9(2)12-15-13(17-16-12)10-5-7-11(14-3)8-6-10/h5-9,14H,4H2,1-3H3. The van der Waals surface area contributed by atoms with Gasteiger partial charge in [0.05, 0.1) is 0 Å². The fourth-order valence-electron chi connectivity index (χ4n) is 1.51. The van der Waals surface area contributed by atoms with Crippen LogP contribution in [0, 0.1) is 0 Å². The molecule has 0 fully saturated rings. The number of aromatic nitrogens is 2. The molecule has 4 heteroatoms. The van der Waals surface area contributed by atoms with E-state index in [-0.39, 0.29) is 0 Å². The number of nitrogens with zero attached hydrogens (tertiary/aromatic N) is 2. The molecule has 1 aromatic heterocycles. The largest absolute Gasteiger partial charge is 0.388 e. The number of anilines is 1. The van der Waals surface area contributed by atoms with Gasteiger partial charge in [-0.25, -0.2) is 0 Å². The highest BCUT2D eigenvalue weighted by molar-refractivity contribution is 5.58. The minimum Gasteiger partial charge on any atom is -0.388 e. The second-order valence-electron chi connectivity index (χ2n) is 4.09. The topological polar surface area (TPSA) is 51.0 Å². The first-order valence-corrected chi connectivity index (χ1v) is 5.86. The highest BCUT2D eigenvalue weighted by Gasteiger charge is 2.13. The third kappa shape index (κ3) is 2.46. The Morgan fingerprint density at radius 2 is 2.00 bits per heavy atom. The molecule has 1 aromatic carbocycles. The second kappa shape index (κ2) is 4.99. The summed E-state index contributed by atoms with van der Waals surface area (Å²) in [5.74, 6) is 1.70. The van der Waals surface area contributed by atoms with Crippen LogP contribution in [0.1, 0.15) is 32.0 Å². The van der Waals surface area contributed by atoms with E-state index < -0.39 is 0 Å². The SMILES string of the molecule is CCC(C)c1noc(-c2ccc(NC)cc2)n1. The Kier molecular flexibility index (Phi) is 3.42. The van der Waals surface area contributed by atoms with Gasteiger partial charge in [0.25, 0.3) is 5.89 Å². The summed E-state index contributed by atoms with van der Waals surface area (Å²) in [6.07, 6.45) is 1.01. The minimum absolute atomic E-state index is 0.337. The average molecular weight is 231 g/mol. The summed E-state index contributed by atoms with van der Waals surface area (Å²) in [5.41, 5.74) is 2.02. The van der Waals surface area contributed by atoms with Crippen molar-refractivity contribution in [2.24, 2.45) is 0 Å². The van der Waals surface area contributed by atoms with E-state index in [1.165, 1.54) is 0 Å². The van der Waals surface area contributed by atoms with E-state index in [1.54, 1.807) is 0 Å². The number of nitrogens with one attached hydrogen (secondary N) is 1. The molecule has 2 aromatic rings. The quantitative estimate of drug-likeness (QED) is 0.877. The summed E-state index contributed by atoms with van der Waals surface area (Å²) in [6.45, 7) is 4.21. The van der Waals surface area contributed by atoms with Crippen LogP contribution >= 0.6 is 0 Å². The lowest BCUT2D eigenvalue weighted by Crippen LogP contribution is -1.93. The Bertz CT molecular complexity index is 476. The molecule has 0 radical (unpaired) electrons. The van der Waals surface area contributed by atoms with Crippen LogP contribution < -0.4 is 5.32 Å². The van der Waals surface area contributed by atoms with E-state index in [1.807, 2.05) is 31.3 Å². The Labute approximate surface area is 101 Å². The van der Waals surface area contributed by atoms with Gasteiger partial charge < -0.3 is 9.84 Å². The molecule has 1 atom stereocenters. The van der Waals surface area contributed by atoms with Gasteiger partial charge in [-0.2, -0.15) is 4.98 Å². The molecule has 1 unspecified atom stereocenters. The summed E-state index contributed by atoms with van der Waals surface area (Å²) in [7, 11) is 1.89. The van der Waals surface area contributed by atoms with Crippen LogP contribution in [0.25, 0.3) is 11.5 Å². The number of hydrogen-bond acceptors (Lipinski definition) is 4. The summed E-state index contributed by atoms with van der Waals surface area (Å²) in [4.78, 5) is 4.41. The minimum atomic E-state index is 0.337. The molecular formula is C13H17N3O. The third-order valence-corrected chi connectivity index (χ3v) is 2.92. The van der Waals surface area contributed by atoms with Crippen LogP contribution in [0.4, 0.5) is 5.69 Å². The third-order valence-electron chi connectivity index (χ3n) is 2.92. The molecule has 0 spiro atoms. The molecule has 2 rings (SSSR count). The predicted molar refractivity (Wildman–Crippen MR) is 68.0 cm³/mol. The maximum atomic E-state index is 5.27. The van der Waals surface area contributed by atoms with Crippen molar-refractivity contribution in [3.63, 3.8) is 0 Å². The molecule has 4 nitrogen and oxygen atoms in total. The Morgan fingerprint density at radius 3 is 2.59 bits per heavy atom. The second-order valence-corrected chi connectivity index (χ2v) is 4.09. The van der Waals surface area contributed by atoms with E-state index in [4.69, 9.17) is 4.52 Å². The van der Waals surface area contributed by atoms with Gasteiger partial charge >= 0.3 is 0 Å². The van der Waals surface area contributed by atoms with Gasteiger partial charge in [0.15, 0.2) is 5.82 Å². The highest BCUT2D eigenvalue weighted by atomic mass is 16.5. The van der Waals surface area contributed by atoms with Crippen molar-refractivity contribution in [3.8, 4) is 11.5 Å². The van der Waals surface area contributed by atoms with Crippen LogP contribution in [0.3, 0.4) is 0 Å². The molecule has 0 amide bonds. The van der Waals surface area contributed by atoms with E-state index in [2.05, 4.69) is 29.3 Å². The lowest BCUT2D eigenvalue weighted by atomic mass is 10.1. The lowest BCUT2D eigenvalue weighted by molar-refractivity contribution is 0.416. The van der Waals surface area contributed by atoms with Crippen LogP contribution in [-0.2, 0) is 0 Å². The molecule has 0 aliphatic carbocycles. The molecule has 17 heavy (non-hydrogen) atoms. The van der Waals surface area contributed by atoms with Crippen molar-refractivity contribution in [2.75, 3.05) is 12.4 Å². The molecule has 0 saturated heterocycles. The number of rotatable bonds is 4. The van der Waals surface area contributed by atoms with Gasteiger partial charge in [0, 0.05) is 24.2 Å². The fourth-order valence-corrected chi connectivity index (χ4v) is 1.51. The van der Waals surface area contributed by atoms with E-state index in [0.29, 0.717) is 11.8 Å². The van der Waals surface area contributed by atoms with Gasteiger partial charge in [-0.15, -0.1) is 0 Å². The molecule has 1 N–H and O–H groups in total. The van der Waals surface area contributed by atoms with Crippen LogP contribution in [0.2, 0.25) is 0 Å². The fraction of sp³-hybridized carbons (Fsp3) is 0.385. The zero-order valence-corrected chi connectivity index (χ0v) is 10.4. The van der Waals surface area contributed by atoms with E-state index >= 15 is 0 Å². The molecule has 0 bridgehead atoms. The monoisotopic (exact) mass is 231 g/mol. The van der Waals surface area contributed by atoms with Crippen molar-refractivity contribution in [2.45, 2.75) is 26.2 Å². The number of benzene rings is 1. The van der Waals surface area contributed by atoms with E-state index in [0.717, 1.165) is 23.5 Å². The van der Waals surface area contributed by atoms with Crippen LogP contribution in [0.5, 0.6) is 0 Å². The molecule has 90 valence electrons.